The van der Waals surface area contributed by atoms with Gasteiger partial charge in [-0.2, -0.15) is 0 Å². The van der Waals surface area contributed by atoms with Gasteiger partial charge in [0.25, 0.3) is 5.56 Å². The number of benzene rings is 2. The number of H-pyrrole nitrogens is 1. The number of nitrogens with one attached hydrogen (secondary N) is 1. The third-order valence-corrected chi connectivity index (χ3v) is 3.41. The van der Waals surface area contributed by atoms with Crippen LogP contribution in [0.15, 0.2) is 53.3 Å². The first-order valence-electron chi connectivity index (χ1n) is 6.57. The highest BCUT2D eigenvalue weighted by atomic mass is 79.9. The smallest absolute Gasteiger partial charge is 0.259 e. The van der Waals surface area contributed by atoms with Crippen molar-refractivity contribution in [1.82, 2.24) is 9.97 Å². The Kier molecular flexibility index (Phi) is 4.01. The van der Waals surface area contributed by atoms with E-state index in [9.17, 15) is 4.79 Å². The number of hydrogen-bond donors (Lipinski definition) is 1. The van der Waals surface area contributed by atoms with Gasteiger partial charge in [-0.15, -0.1) is 0 Å². The lowest BCUT2D eigenvalue weighted by Crippen LogP contribution is -2.10. The van der Waals surface area contributed by atoms with Gasteiger partial charge in [0.15, 0.2) is 0 Å². The first-order chi connectivity index (χ1) is 10.3. The first-order valence-corrected chi connectivity index (χ1v) is 7.69. The lowest BCUT2D eigenvalue weighted by atomic mass is 10.1. The van der Waals surface area contributed by atoms with Crippen molar-refractivity contribution < 1.29 is 4.74 Å². The van der Waals surface area contributed by atoms with Gasteiger partial charge < -0.3 is 9.72 Å². The van der Waals surface area contributed by atoms with Gasteiger partial charge in [-0.25, -0.2) is 4.98 Å². The zero-order valence-corrected chi connectivity index (χ0v) is 12.8. The van der Waals surface area contributed by atoms with E-state index in [0.29, 0.717) is 29.1 Å². The number of rotatable bonds is 4. The molecule has 4 nitrogen and oxygen atoms in total. The summed E-state index contributed by atoms with van der Waals surface area (Å²) in [7, 11) is 0. The molecule has 0 spiro atoms. The zero-order chi connectivity index (χ0) is 14.7. The highest BCUT2D eigenvalue weighted by Crippen LogP contribution is 2.27. The molecule has 5 heteroatoms. The molecule has 1 heterocycles. The molecule has 0 unspecified atom stereocenters. The molecule has 0 radical (unpaired) electrons. The molecule has 0 amide bonds. The number of para-hydroxylation sites is 2. The molecule has 0 atom stereocenters. The van der Waals surface area contributed by atoms with Crippen LogP contribution < -0.4 is 10.3 Å². The van der Waals surface area contributed by atoms with E-state index in [1.807, 2.05) is 42.5 Å². The van der Waals surface area contributed by atoms with Crippen LogP contribution in [0, 0.1) is 0 Å². The van der Waals surface area contributed by atoms with Crippen LogP contribution in [0.5, 0.6) is 5.75 Å². The quantitative estimate of drug-likeness (QED) is 0.738. The normalized spacial score (nSPS) is 10.7. The molecule has 0 saturated carbocycles. The largest absolute Gasteiger partial charge is 0.492 e. The highest BCUT2D eigenvalue weighted by Gasteiger charge is 2.10. The Labute approximate surface area is 129 Å². The third-order valence-electron chi connectivity index (χ3n) is 3.09. The molecule has 1 N–H and O–H groups in total. The number of aromatic nitrogens is 2. The average Bonchev–Trinajstić information content (AvgIpc) is 2.53. The second kappa shape index (κ2) is 6.10. The van der Waals surface area contributed by atoms with Crippen molar-refractivity contribution in [1.29, 1.82) is 0 Å². The molecule has 21 heavy (non-hydrogen) atoms. The van der Waals surface area contributed by atoms with Gasteiger partial charge in [-0.05, 0) is 24.3 Å². The van der Waals surface area contributed by atoms with Crippen LogP contribution >= 0.6 is 15.9 Å². The molecule has 0 aliphatic rings. The van der Waals surface area contributed by atoms with E-state index in [-0.39, 0.29) is 5.56 Å². The monoisotopic (exact) mass is 344 g/mol. The number of fused-ring (bicyclic) bond motifs is 1. The Morgan fingerprint density at radius 1 is 1.10 bits per heavy atom. The molecule has 3 rings (SSSR count). The lowest BCUT2D eigenvalue weighted by Gasteiger charge is -2.10. The first kappa shape index (κ1) is 13.8. The summed E-state index contributed by atoms with van der Waals surface area (Å²) in [5.41, 5.74) is 1.30. The maximum absolute atomic E-state index is 12.2. The van der Waals surface area contributed by atoms with Gasteiger partial charge in [0.1, 0.15) is 11.6 Å². The van der Waals surface area contributed by atoms with Crippen molar-refractivity contribution in [2.75, 3.05) is 11.9 Å². The number of aromatic amines is 1. The van der Waals surface area contributed by atoms with Crippen molar-refractivity contribution in [3.8, 4) is 17.1 Å². The van der Waals surface area contributed by atoms with E-state index in [2.05, 4.69) is 25.9 Å². The van der Waals surface area contributed by atoms with E-state index in [0.717, 1.165) is 10.9 Å². The van der Waals surface area contributed by atoms with Crippen LogP contribution in [-0.4, -0.2) is 21.9 Å². The fourth-order valence-electron chi connectivity index (χ4n) is 2.15. The fourth-order valence-corrected chi connectivity index (χ4v) is 2.31. The number of halogens is 1. The summed E-state index contributed by atoms with van der Waals surface area (Å²) in [6.07, 6.45) is 0. The molecular formula is C16H13BrN2O2. The second-order valence-electron chi connectivity index (χ2n) is 4.47. The molecule has 2 aromatic carbocycles. The Morgan fingerprint density at radius 2 is 1.86 bits per heavy atom. The summed E-state index contributed by atoms with van der Waals surface area (Å²) < 4.78 is 5.68. The van der Waals surface area contributed by atoms with Gasteiger partial charge in [0.2, 0.25) is 0 Å². The summed E-state index contributed by atoms with van der Waals surface area (Å²) in [6.45, 7) is 0.550. The minimum Gasteiger partial charge on any atom is -0.492 e. The standard InChI is InChI=1S/C16H13BrN2O2/c17-9-10-21-14-8-4-2-6-12(14)15-18-13-7-3-1-5-11(13)16(20)19-15/h1-8H,9-10H2,(H,18,19,20). The molecule has 0 aliphatic carbocycles. The van der Waals surface area contributed by atoms with Crippen molar-refractivity contribution in [3.63, 3.8) is 0 Å². The number of alkyl halides is 1. The van der Waals surface area contributed by atoms with Crippen molar-refractivity contribution in [2.24, 2.45) is 0 Å². The van der Waals surface area contributed by atoms with Gasteiger partial charge in [-0.1, -0.05) is 40.2 Å². The van der Waals surface area contributed by atoms with Crippen LogP contribution in [0.3, 0.4) is 0 Å². The Hall–Kier alpha value is -2.14. The van der Waals surface area contributed by atoms with Crippen LogP contribution in [0.4, 0.5) is 0 Å². The highest BCUT2D eigenvalue weighted by molar-refractivity contribution is 9.09. The van der Waals surface area contributed by atoms with E-state index in [4.69, 9.17) is 4.74 Å². The Balaban J connectivity index is 2.14. The molecule has 0 saturated heterocycles. The average molecular weight is 345 g/mol. The van der Waals surface area contributed by atoms with Gasteiger partial charge in [-0.3, -0.25) is 4.79 Å². The molecule has 106 valence electrons. The van der Waals surface area contributed by atoms with Crippen LogP contribution in [0.1, 0.15) is 0 Å². The molecule has 1 aromatic heterocycles. The number of nitrogens with zero attached hydrogens (tertiary/aromatic N) is 1. The second-order valence-corrected chi connectivity index (χ2v) is 5.26. The molecular weight excluding hydrogens is 332 g/mol. The summed E-state index contributed by atoms with van der Waals surface area (Å²) in [4.78, 5) is 19.5. The van der Waals surface area contributed by atoms with Crippen LogP contribution in [-0.2, 0) is 0 Å². The van der Waals surface area contributed by atoms with Gasteiger partial charge in [0.05, 0.1) is 23.1 Å². The molecule has 0 fully saturated rings. The maximum atomic E-state index is 12.2. The zero-order valence-electron chi connectivity index (χ0n) is 11.2. The van der Waals surface area contributed by atoms with E-state index in [1.165, 1.54) is 0 Å². The third kappa shape index (κ3) is 2.83. The van der Waals surface area contributed by atoms with E-state index >= 15 is 0 Å². The maximum Gasteiger partial charge on any atom is 0.259 e. The van der Waals surface area contributed by atoms with E-state index < -0.39 is 0 Å². The summed E-state index contributed by atoms with van der Waals surface area (Å²) in [5.74, 6) is 1.22. The van der Waals surface area contributed by atoms with Crippen LogP contribution in [0.2, 0.25) is 0 Å². The Morgan fingerprint density at radius 3 is 2.71 bits per heavy atom. The van der Waals surface area contributed by atoms with Crippen molar-refractivity contribution >= 4 is 26.8 Å². The van der Waals surface area contributed by atoms with Crippen LogP contribution in [0.25, 0.3) is 22.3 Å². The number of hydrogen-bond acceptors (Lipinski definition) is 3. The predicted octanol–water partition coefficient (Wildman–Crippen LogP) is 3.36. The minimum absolute atomic E-state index is 0.147. The van der Waals surface area contributed by atoms with Crippen molar-refractivity contribution in [3.05, 3.63) is 58.9 Å². The van der Waals surface area contributed by atoms with Gasteiger partial charge in [0, 0.05) is 5.33 Å². The molecule has 0 aliphatic heterocycles. The number of ether oxygens (including phenoxy) is 1. The van der Waals surface area contributed by atoms with Crippen molar-refractivity contribution in [2.45, 2.75) is 0 Å². The summed E-state index contributed by atoms with van der Waals surface area (Å²) >= 11 is 3.33. The van der Waals surface area contributed by atoms with E-state index in [1.54, 1.807) is 6.07 Å². The topological polar surface area (TPSA) is 55.0 Å². The lowest BCUT2D eigenvalue weighted by molar-refractivity contribution is 0.346. The molecule has 0 bridgehead atoms. The predicted molar refractivity (Wildman–Crippen MR) is 87.1 cm³/mol. The summed E-state index contributed by atoms with van der Waals surface area (Å²) in [6, 6.07) is 14.8. The SMILES string of the molecule is O=c1[nH]c(-c2ccccc2OCCBr)nc2ccccc12. The summed E-state index contributed by atoms with van der Waals surface area (Å²) in [5, 5.41) is 1.32. The fraction of sp³-hybridized carbons (Fsp3) is 0.125. The Bertz CT molecular complexity index is 830. The molecule has 3 aromatic rings. The minimum atomic E-state index is -0.147. The van der Waals surface area contributed by atoms with Gasteiger partial charge >= 0.3 is 0 Å².